The minimum atomic E-state index is -4.47. The first kappa shape index (κ1) is 20.7. The minimum Gasteiger partial charge on any atom is -0.744 e. The normalized spacial score (nSPS) is 11.4. The van der Waals surface area contributed by atoms with Crippen LogP contribution in [0.3, 0.4) is 0 Å². The number of aryl methyl sites for hydroxylation is 2. The molecule has 120 valence electrons. The SMILES string of the molecule is CCCCc1cc2ccccc2c(CCCC)c1S(=O)(=O)[O-].[Na+]. The van der Waals surface area contributed by atoms with Gasteiger partial charge in [0, 0.05) is 0 Å². The van der Waals surface area contributed by atoms with E-state index in [4.69, 9.17) is 0 Å². The molecule has 0 aromatic heterocycles. The van der Waals surface area contributed by atoms with Crippen LogP contribution in [0.15, 0.2) is 35.2 Å². The molecule has 5 heteroatoms. The molecule has 0 aliphatic heterocycles. The zero-order valence-corrected chi connectivity index (χ0v) is 17.1. The van der Waals surface area contributed by atoms with Gasteiger partial charge in [-0.05, 0) is 53.6 Å². The standard InChI is InChI=1S/C18H24O3S.Na/c1-3-5-9-15-13-14-10-7-8-12-16(14)17(11-6-4-2)18(15)22(19,20)21;/h7-8,10,12-13H,3-6,9,11H2,1-2H3,(H,19,20,21);/q;+1/p-1. The van der Waals surface area contributed by atoms with E-state index in [0.29, 0.717) is 24.0 Å². The third-order valence-corrected chi connectivity index (χ3v) is 5.02. The fraction of sp³-hybridized carbons (Fsp3) is 0.444. The molecule has 3 nitrogen and oxygen atoms in total. The molecule has 2 rings (SSSR count). The van der Waals surface area contributed by atoms with E-state index < -0.39 is 10.1 Å². The van der Waals surface area contributed by atoms with Crippen molar-refractivity contribution in [2.45, 2.75) is 57.3 Å². The summed E-state index contributed by atoms with van der Waals surface area (Å²) >= 11 is 0. The van der Waals surface area contributed by atoms with Crippen LogP contribution >= 0.6 is 0 Å². The molecule has 0 aliphatic carbocycles. The van der Waals surface area contributed by atoms with Gasteiger partial charge >= 0.3 is 29.6 Å². The number of benzene rings is 2. The number of rotatable bonds is 7. The molecule has 23 heavy (non-hydrogen) atoms. The third-order valence-electron chi connectivity index (χ3n) is 4.01. The first-order chi connectivity index (χ1) is 10.5. The van der Waals surface area contributed by atoms with Gasteiger partial charge in [0.2, 0.25) is 0 Å². The van der Waals surface area contributed by atoms with Gasteiger partial charge in [-0.25, -0.2) is 8.42 Å². The van der Waals surface area contributed by atoms with E-state index >= 15 is 0 Å². The summed E-state index contributed by atoms with van der Waals surface area (Å²) in [4.78, 5) is 0.0353. The van der Waals surface area contributed by atoms with Crippen molar-refractivity contribution < 1.29 is 42.5 Å². The molecule has 2 aromatic carbocycles. The van der Waals surface area contributed by atoms with Crippen LogP contribution in [-0.2, 0) is 23.0 Å². The van der Waals surface area contributed by atoms with Gasteiger partial charge in [0.25, 0.3) is 0 Å². The summed E-state index contributed by atoms with van der Waals surface area (Å²) in [6.45, 7) is 4.12. The zero-order chi connectivity index (χ0) is 16.2. The van der Waals surface area contributed by atoms with E-state index in [1.165, 1.54) is 0 Å². The Balaban J connectivity index is 0.00000264. The fourth-order valence-corrected chi connectivity index (χ4v) is 3.93. The molecule has 0 N–H and O–H groups in total. The Hall–Kier alpha value is -0.390. The summed E-state index contributed by atoms with van der Waals surface area (Å²) < 4.78 is 35.7. The van der Waals surface area contributed by atoms with Gasteiger partial charge in [-0.1, -0.05) is 51.0 Å². The Morgan fingerprint density at radius 1 is 1.00 bits per heavy atom. The second-order valence-electron chi connectivity index (χ2n) is 5.73. The van der Waals surface area contributed by atoms with Crippen molar-refractivity contribution >= 4 is 20.9 Å². The van der Waals surface area contributed by atoms with Gasteiger partial charge in [-0.3, -0.25) is 0 Å². The zero-order valence-electron chi connectivity index (χ0n) is 14.3. The van der Waals surface area contributed by atoms with Crippen molar-refractivity contribution in [1.29, 1.82) is 0 Å². The van der Waals surface area contributed by atoms with Crippen LogP contribution in [0.5, 0.6) is 0 Å². The first-order valence-corrected chi connectivity index (χ1v) is 9.39. The van der Waals surface area contributed by atoms with Gasteiger partial charge in [0.15, 0.2) is 0 Å². The molecule has 0 bridgehead atoms. The van der Waals surface area contributed by atoms with E-state index in [-0.39, 0.29) is 34.5 Å². The summed E-state index contributed by atoms with van der Waals surface area (Å²) in [5.74, 6) is 0. The maximum Gasteiger partial charge on any atom is 1.00 e. The van der Waals surface area contributed by atoms with Crippen molar-refractivity contribution in [3.63, 3.8) is 0 Å². The average Bonchev–Trinajstić information content (AvgIpc) is 2.48. The smallest absolute Gasteiger partial charge is 0.744 e. The Labute approximate surface area is 161 Å². The summed E-state index contributed by atoms with van der Waals surface area (Å²) in [6, 6.07) is 9.62. The molecule has 2 aromatic rings. The van der Waals surface area contributed by atoms with Crippen LogP contribution in [0.4, 0.5) is 0 Å². The van der Waals surface area contributed by atoms with Crippen LogP contribution in [0.2, 0.25) is 0 Å². The van der Waals surface area contributed by atoms with E-state index in [2.05, 4.69) is 13.8 Å². The Kier molecular flexibility index (Phi) is 8.25. The Morgan fingerprint density at radius 2 is 1.61 bits per heavy atom. The van der Waals surface area contributed by atoms with E-state index in [1.54, 1.807) is 0 Å². The molecule has 0 aliphatic rings. The van der Waals surface area contributed by atoms with Crippen LogP contribution in [0, 0.1) is 0 Å². The molecule has 0 unspecified atom stereocenters. The Morgan fingerprint density at radius 3 is 2.22 bits per heavy atom. The molecule has 0 radical (unpaired) electrons. The second-order valence-corrected chi connectivity index (χ2v) is 7.04. The van der Waals surface area contributed by atoms with Gasteiger partial charge in [0.1, 0.15) is 10.1 Å². The number of fused-ring (bicyclic) bond motifs is 1. The van der Waals surface area contributed by atoms with Crippen LogP contribution in [0.25, 0.3) is 10.8 Å². The van der Waals surface area contributed by atoms with Crippen molar-refractivity contribution in [2.75, 3.05) is 0 Å². The monoisotopic (exact) mass is 342 g/mol. The number of hydrogen-bond acceptors (Lipinski definition) is 3. The molecular formula is C18H23NaO3S. The molecule has 0 heterocycles. The summed E-state index contributed by atoms with van der Waals surface area (Å²) in [5.41, 5.74) is 1.39. The predicted octanol–water partition coefficient (Wildman–Crippen LogP) is 1.43. The maximum atomic E-state index is 11.9. The summed E-state index contributed by atoms with van der Waals surface area (Å²) in [7, 11) is -4.47. The van der Waals surface area contributed by atoms with Gasteiger partial charge in [-0.15, -0.1) is 0 Å². The third kappa shape index (κ3) is 5.04. The molecule has 0 saturated carbocycles. The van der Waals surface area contributed by atoms with Crippen molar-refractivity contribution in [3.8, 4) is 0 Å². The molecule has 0 amide bonds. The van der Waals surface area contributed by atoms with E-state index in [9.17, 15) is 13.0 Å². The van der Waals surface area contributed by atoms with Crippen LogP contribution in [-0.4, -0.2) is 13.0 Å². The second kappa shape index (κ2) is 9.19. The molecule has 0 spiro atoms. The first-order valence-electron chi connectivity index (χ1n) is 7.98. The average molecular weight is 342 g/mol. The van der Waals surface area contributed by atoms with Gasteiger partial charge < -0.3 is 4.55 Å². The minimum absolute atomic E-state index is 0. The van der Waals surface area contributed by atoms with Gasteiger partial charge in [-0.2, -0.15) is 0 Å². The van der Waals surface area contributed by atoms with Crippen molar-refractivity contribution in [3.05, 3.63) is 41.5 Å². The van der Waals surface area contributed by atoms with E-state index in [1.807, 2.05) is 30.3 Å². The largest absolute Gasteiger partial charge is 1.00 e. The molecular weight excluding hydrogens is 319 g/mol. The summed E-state index contributed by atoms with van der Waals surface area (Å²) in [6.07, 6.45) is 4.96. The van der Waals surface area contributed by atoms with E-state index in [0.717, 1.165) is 36.5 Å². The number of hydrogen-bond donors (Lipinski definition) is 0. The predicted molar refractivity (Wildman–Crippen MR) is 89.1 cm³/mol. The van der Waals surface area contributed by atoms with Crippen LogP contribution in [0.1, 0.15) is 50.7 Å². The molecule has 0 atom stereocenters. The fourth-order valence-electron chi connectivity index (χ4n) is 2.93. The Bertz CT molecular complexity index is 754. The molecule has 0 saturated heterocycles. The number of unbranched alkanes of at least 4 members (excludes halogenated alkanes) is 2. The van der Waals surface area contributed by atoms with Gasteiger partial charge in [0.05, 0.1) is 4.90 Å². The molecule has 0 fully saturated rings. The summed E-state index contributed by atoms with van der Waals surface area (Å²) in [5, 5.41) is 1.91. The van der Waals surface area contributed by atoms with Crippen molar-refractivity contribution in [1.82, 2.24) is 0 Å². The topological polar surface area (TPSA) is 57.2 Å². The van der Waals surface area contributed by atoms with Crippen LogP contribution < -0.4 is 29.6 Å². The quantitative estimate of drug-likeness (QED) is 0.565. The van der Waals surface area contributed by atoms with Crippen molar-refractivity contribution in [2.24, 2.45) is 0 Å². The maximum absolute atomic E-state index is 11.9.